The number of ether oxygens (including phenoxy) is 1. The maximum Gasteiger partial charge on any atom is 0.303 e. The van der Waals surface area contributed by atoms with E-state index in [-0.39, 0.29) is 11.8 Å². The molecule has 0 aliphatic carbocycles. The Morgan fingerprint density at radius 2 is 1.42 bits per heavy atom. The molecule has 0 saturated carbocycles. The molecule has 0 fully saturated rings. The van der Waals surface area contributed by atoms with E-state index in [0.717, 1.165) is 5.56 Å². The van der Waals surface area contributed by atoms with Crippen LogP contribution in [0.4, 0.5) is 0 Å². The Kier molecular flexibility index (Phi) is 4.16. The predicted octanol–water partition coefficient (Wildman–Crippen LogP) is 2.98. The fraction of sp³-hybridized carbons (Fsp3) is 0.211. The van der Waals surface area contributed by atoms with Crippen LogP contribution in [0.3, 0.4) is 0 Å². The molecule has 1 aliphatic rings. The van der Waals surface area contributed by atoms with E-state index in [9.17, 15) is 14.4 Å². The molecule has 122 valence electrons. The third kappa shape index (κ3) is 2.69. The SMILES string of the molecule is CC(=O)O[C@@H](c1ccccc1)[C@H](C)N1C(=O)c2ccccc2C1=O. The van der Waals surface area contributed by atoms with Gasteiger partial charge in [0.1, 0.15) is 6.10 Å². The molecule has 0 N–H and O–H groups in total. The summed E-state index contributed by atoms with van der Waals surface area (Å²) in [5, 5.41) is 0. The van der Waals surface area contributed by atoms with Gasteiger partial charge in [0.15, 0.2) is 0 Å². The van der Waals surface area contributed by atoms with E-state index in [1.54, 1.807) is 31.2 Å². The third-order valence-electron chi connectivity index (χ3n) is 4.09. The fourth-order valence-corrected chi connectivity index (χ4v) is 2.98. The number of amides is 2. The zero-order valence-electron chi connectivity index (χ0n) is 13.4. The number of imide groups is 1. The highest BCUT2D eigenvalue weighted by Crippen LogP contribution is 2.31. The molecule has 3 rings (SSSR count). The first-order chi connectivity index (χ1) is 11.5. The van der Waals surface area contributed by atoms with Crippen molar-refractivity contribution in [2.24, 2.45) is 0 Å². The van der Waals surface area contributed by atoms with E-state index < -0.39 is 18.1 Å². The minimum atomic E-state index is -0.717. The molecule has 0 aromatic heterocycles. The lowest BCUT2D eigenvalue weighted by molar-refractivity contribution is -0.149. The van der Waals surface area contributed by atoms with Gasteiger partial charge in [-0.2, -0.15) is 0 Å². The van der Waals surface area contributed by atoms with Gasteiger partial charge in [-0.15, -0.1) is 0 Å². The van der Waals surface area contributed by atoms with Crippen molar-refractivity contribution in [2.45, 2.75) is 26.0 Å². The number of hydrogen-bond acceptors (Lipinski definition) is 4. The smallest absolute Gasteiger partial charge is 0.303 e. The average molecular weight is 323 g/mol. The molecule has 0 bridgehead atoms. The maximum atomic E-state index is 12.6. The van der Waals surface area contributed by atoms with E-state index in [4.69, 9.17) is 4.74 Å². The number of benzene rings is 2. The highest BCUT2D eigenvalue weighted by atomic mass is 16.5. The molecule has 0 saturated heterocycles. The first-order valence-corrected chi connectivity index (χ1v) is 7.70. The summed E-state index contributed by atoms with van der Waals surface area (Å²) in [5.74, 6) is -1.19. The summed E-state index contributed by atoms with van der Waals surface area (Å²) in [6, 6.07) is 15.2. The van der Waals surface area contributed by atoms with Crippen LogP contribution >= 0.6 is 0 Å². The van der Waals surface area contributed by atoms with Crippen LogP contribution in [-0.2, 0) is 9.53 Å². The van der Waals surface area contributed by atoms with Crippen LogP contribution in [-0.4, -0.2) is 28.7 Å². The van der Waals surface area contributed by atoms with Gasteiger partial charge in [-0.05, 0) is 24.6 Å². The van der Waals surface area contributed by atoms with Crippen LogP contribution < -0.4 is 0 Å². The van der Waals surface area contributed by atoms with E-state index in [0.29, 0.717) is 11.1 Å². The summed E-state index contributed by atoms with van der Waals surface area (Å²) in [4.78, 5) is 38.0. The van der Waals surface area contributed by atoms with Crippen molar-refractivity contribution in [3.63, 3.8) is 0 Å². The molecule has 2 amide bonds. The van der Waals surface area contributed by atoms with Gasteiger partial charge in [-0.1, -0.05) is 42.5 Å². The van der Waals surface area contributed by atoms with Crippen LogP contribution in [0, 0.1) is 0 Å². The van der Waals surface area contributed by atoms with Gasteiger partial charge in [0.2, 0.25) is 0 Å². The number of esters is 1. The van der Waals surface area contributed by atoms with Crippen molar-refractivity contribution in [3.05, 3.63) is 71.3 Å². The predicted molar refractivity (Wildman–Crippen MR) is 87.4 cm³/mol. The Morgan fingerprint density at radius 3 is 1.92 bits per heavy atom. The molecular weight excluding hydrogens is 306 g/mol. The molecule has 0 radical (unpaired) electrons. The van der Waals surface area contributed by atoms with Crippen LogP contribution in [0.2, 0.25) is 0 Å². The quantitative estimate of drug-likeness (QED) is 0.641. The van der Waals surface area contributed by atoms with E-state index >= 15 is 0 Å². The lowest BCUT2D eigenvalue weighted by Gasteiger charge is -2.30. The molecule has 0 spiro atoms. The molecule has 24 heavy (non-hydrogen) atoms. The van der Waals surface area contributed by atoms with Crippen molar-refractivity contribution in [3.8, 4) is 0 Å². The van der Waals surface area contributed by atoms with Crippen molar-refractivity contribution in [1.82, 2.24) is 4.90 Å². The second-order valence-corrected chi connectivity index (χ2v) is 5.71. The molecule has 1 heterocycles. The number of hydrogen-bond donors (Lipinski definition) is 0. The fourth-order valence-electron chi connectivity index (χ4n) is 2.98. The molecule has 2 aromatic carbocycles. The van der Waals surface area contributed by atoms with Crippen LogP contribution in [0.25, 0.3) is 0 Å². The van der Waals surface area contributed by atoms with Crippen LogP contribution in [0.1, 0.15) is 46.2 Å². The second-order valence-electron chi connectivity index (χ2n) is 5.71. The van der Waals surface area contributed by atoms with Crippen LogP contribution in [0.5, 0.6) is 0 Å². The van der Waals surface area contributed by atoms with Gasteiger partial charge in [0, 0.05) is 6.92 Å². The van der Waals surface area contributed by atoms with Gasteiger partial charge < -0.3 is 4.74 Å². The molecule has 5 heteroatoms. The number of rotatable bonds is 4. The lowest BCUT2D eigenvalue weighted by Crippen LogP contribution is -2.42. The monoisotopic (exact) mass is 323 g/mol. The molecule has 2 atom stereocenters. The molecule has 0 unspecified atom stereocenters. The summed E-state index contributed by atoms with van der Waals surface area (Å²) >= 11 is 0. The van der Waals surface area contributed by atoms with Crippen LogP contribution in [0.15, 0.2) is 54.6 Å². The van der Waals surface area contributed by atoms with Crippen molar-refractivity contribution in [2.75, 3.05) is 0 Å². The van der Waals surface area contributed by atoms with Gasteiger partial charge in [0.25, 0.3) is 11.8 Å². The summed E-state index contributed by atoms with van der Waals surface area (Å²) in [6.07, 6.45) is -0.717. The number of carbonyl (C=O) groups excluding carboxylic acids is 3. The Hall–Kier alpha value is -2.95. The first-order valence-electron chi connectivity index (χ1n) is 7.70. The second kappa shape index (κ2) is 6.28. The minimum absolute atomic E-state index is 0.365. The Morgan fingerprint density at radius 1 is 0.917 bits per heavy atom. The molecule has 1 aliphatic heterocycles. The largest absolute Gasteiger partial charge is 0.455 e. The minimum Gasteiger partial charge on any atom is -0.455 e. The number of nitrogens with zero attached hydrogens (tertiary/aromatic N) is 1. The Balaban J connectivity index is 1.97. The van der Waals surface area contributed by atoms with Crippen molar-refractivity contribution >= 4 is 17.8 Å². The number of carbonyl (C=O) groups is 3. The molecule has 5 nitrogen and oxygen atoms in total. The maximum absolute atomic E-state index is 12.6. The van der Waals surface area contributed by atoms with E-state index in [1.807, 2.05) is 30.3 Å². The molecule has 2 aromatic rings. The summed E-state index contributed by atoms with van der Waals surface area (Å²) < 4.78 is 5.42. The molecular formula is C19H17NO4. The van der Waals surface area contributed by atoms with E-state index in [2.05, 4.69) is 0 Å². The highest BCUT2D eigenvalue weighted by Gasteiger charge is 2.42. The average Bonchev–Trinajstić information content (AvgIpc) is 2.84. The Labute approximate surface area is 139 Å². The highest BCUT2D eigenvalue weighted by molar-refractivity contribution is 6.21. The lowest BCUT2D eigenvalue weighted by atomic mass is 10.0. The van der Waals surface area contributed by atoms with Crippen molar-refractivity contribution in [1.29, 1.82) is 0 Å². The van der Waals surface area contributed by atoms with E-state index in [1.165, 1.54) is 11.8 Å². The summed E-state index contributed by atoms with van der Waals surface area (Å²) in [7, 11) is 0. The summed E-state index contributed by atoms with van der Waals surface area (Å²) in [6.45, 7) is 3.02. The van der Waals surface area contributed by atoms with Gasteiger partial charge in [0.05, 0.1) is 17.2 Å². The Bertz CT molecular complexity index is 765. The zero-order chi connectivity index (χ0) is 17.3. The topological polar surface area (TPSA) is 63.7 Å². The third-order valence-corrected chi connectivity index (χ3v) is 4.09. The zero-order valence-corrected chi connectivity index (χ0v) is 13.4. The standard InChI is InChI=1S/C19H17NO4/c1-12(17(24-13(2)21)14-8-4-3-5-9-14)20-18(22)15-10-6-7-11-16(15)19(20)23/h3-12,17H,1-2H3/t12-,17+/m0/s1. The number of fused-ring (bicyclic) bond motifs is 1. The van der Waals surface area contributed by atoms with Gasteiger partial charge in [-0.3, -0.25) is 19.3 Å². The van der Waals surface area contributed by atoms with Crippen molar-refractivity contribution < 1.29 is 19.1 Å². The van der Waals surface area contributed by atoms with Gasteiger partial charge in [-0.25, -0.2) is 0 Å². The summed E-state index contributed by atoms with van der Waals surface area (Å²) in [5.41, 5.74) is 1.49. The normalized spacial score (nSPS) is 15.8. The first kappa shape index (κ1) is 15.9. The van der Waals surface area contributed by atoms with Gasteiger partial charge >= 0.3 is 5.97 Å².